The number of hydrogen-bond donors (Lipinski definition) is 1. The van der Waals surface area contributed by atoms with E-state index in [1.54, 1.807) is 0 Å². The maximum atomic E-state index is 3.72. The first kappa shape index (κ1) is 15.3. The minimum Gasteiger partial charge on any atom is -0.314 e. The fraction of sp³-hybridized carbons (Fsp3) is 1.00. The highest BCUT2D eigenvalue weighted by Crippen LogP contribution is 2.35. The Bertz CT molecular complexity index is 267. The van der Waals surface area contributed by atoms with Gasteiger partial charge < -0.3 is 10.2 Å². The molecule has 0 bridgehead atoms. The van der Waals surface area contributed by atoms with Crippen molar-refractivity contribution >= 4 is 0 Å². The van der Waals surface area contributed by atoms with Gasteiger partial charge in [-0.2, -0.15) is 0 Å². The van der Waals surface area contributed by atoms with Crippen LogP contribution in [-0.2, 0) is 0 Å². The van der Waals surface area contributed by atoms with Crippen LogP contribution in [0.3, 0.4) is 0 Å². The first-order chi connectivity index (χ1) is 9.00. The minimum atomic E-state index is 0.488. The summed E-state index contributed by atoms with van der Waals surface area (Å²) in [7, 11) is 0. The molecule has 0 radical (unpaired) electrons. The summed E-state index contributed by atoms with van der Waals surface area (Å²) in [5, 5.41) is 3.72. The molecule has 2 nitrogen and oxygen atoms in total. The van der Waals surface area contributed by atoms with Gasteiger partial charge in [0.05, 0.1) is 0 Å². The molecule has 2 rings (SSSR count). The predicted molar refractivity (Wildman–Crippen MR) is 83.4 cm³/mol. The molecule has 112 valence electrons. The van der Waals surface area contributed by atoms with Crippen LogP contribution in [0.1, 0.15) is 59.8 Å². The van der Waals surface area contributed by atoms with Crippen LogP contribution in [0.25, 0.3) is 0 Å². The van der Waals surface area contributed by atoms with E-state index in [9.17, 15) is 0 Å². The number of hydrogen-bond acceptors (Lipinski definition) is 2. The Morgan fingerprint density at radius 1 is 1.11 bits per heavy atom. The number of nitrogens with one attached hydrogen (secondary N) is 1. The van der Waals surface area contributed by atoms with E-state index < -0.39 is 0 Å². The van der Waals surface area contributed by atoms with Crippen molar-refractivity contribution in [2.24, 2.45) is 17.3 Å². The number of likely N-dealkylation sites (tertiary alicyclic amines) is 1. The van der Waals surface area contributed by atoms with Crippen molar-refractivity contribution < 1.29 is 0 Å². The molecule has 0 amide bonds. The van der Waals surface area contributed by atoms with Crippen LogP contribution in [0.15, 0.2) is 0 Å². The molecule has 1 aliphatic carbocycles. The van der Waals surface area contributed by atoms with Gasteiger partial charge in [-0.15, -0.1) is 0 Å². The molecule has 1 N–H and O–H groups in total. The fourth-order valence-electron chi connectivity index (χ4n) is 3.99. The molecule has 2 heteroatoms. The zero-order valence-electron chi connectivity index (χ0n) is 13.5. The minimum absolute atomic E-state index is 0.488. The first-order valence-electron chi connectivity index (χ1n) is 8.46. The molecule has 3 atom stereocenters. The molecule has 0 aromatic carbocycles. The van der Waals surface area contributed by atoms with Gasteiger partial charge in [0, 0.05) is 19.1 Å². The molecule has 1 saturated heterocycles. The van der Waals surface area contributed by atoms with Crippen molar-refractivity contribution in [1.82, 2.24) is 10.2 Å². The van der Waals surface area contributed by atoms with Gasteiger partial charge in [0.15, 0.2) is 0 Å². The van der Waals surface area contributed by atoms with E-state index in [-0.39, 0.29) is 0 Å². The molecule has 0 aromatic rings. The van der Waals surface area contributed by atoms with Crippen LogP contribution in [-0.4, -0.2) is 37.1 Å². The molecular formula is C17H34N2. The average Bonchev–Trinajstić information content (AvgIpc) is 2.80. The molecule has 3 unspecified atom stereocenters. The van der Waals surface area contributed by atoms with Crippen LogP contribution in [0.4, 0.5) is 0 Å². The third kappa shape index (κ3) is 4.19. The van der Waals surface area contributed by atoms with E-state index in [4.69, 9.17) is 0 Å². The first-order valence-corrected chi connectivity index (χ1v) is 8.46. The normalized spacial score (nSPS) is 33.8. The number of rotatable bonds is 4. The SMILES string of the molecule is CCNC1CCCCC1CN1CCC(C(C)(C)C)C1. The molecular weight excluding hydrogens is 232 g/mol. The van der Waals surface area contributed by atoms with E-state index >= 15 is 0 Å². The maximum Gasteiger partial charge on any atom is 0.0107 e. The highest BCUT2D eigenvalue weighted by molar-refractivity contribution is 4.88. The zero-order chi connectivity index (χ0) is 13.9. The summed E-state index contributed by atoms with van der Waals surface area (Å²) in [6.45, 7) is 14.6. The van der Waals surface area contributed by atoms with Crippen LogP contribution < -0.4 is 5.32 Å². The Balaban J connectivity index is 1.83. The summed E-state index contributed by atoms with van der Waals surface area (Å²) < 4.78 is 0. The number of nitrogens with zero attached hydrogens (tertiary/aromatic N) is 1. The lowest BCUT2D eigenvalue weighted by molar-refractivity contribution is 0.172. The second-order valence-electron chi connectivity index (χ2n) is 7.82. The van der Waals surface area contributed by atoms with Crippen molar-refractivity contribution in [3.05, 3.63) is 0 Å². The van der Waals surface area contributed by atoms with Crippen molar-refractivity contribution in [2.45, 2.75) is 65.8 Å². The molecule has 0 spiro atoms. The van der Waals surface area contributed by atoms with Crippen molar-refractivity contribution in [1.29, 1.82) is 0 Å². The fourth-order valence-corrected chi connectivity index (χ4v) is 3.99. The van der Waals surface area contributed by atoms with E-state index in [2.05, 4.69) is 37.9 Å². The van der Waals surface area contributed by atoms with Gasteiger partial charge in [-0.25, -0.2) is 0 Å². The molecule has 1 heterocycles. The van der Waals surface area contributed by atoms with E-state index in [1.165, 1.54) is 51.7 Å². The summed E-state index contributed by atoms with van der Waals surface area (Å²) in [5.74, 6) is 1.79. The highest BCUT2D eigenvalue weighted by atomic mass is 15.2. The van der Waals surface area contributed by atoms with Crippen LogP contribution >= 0.6 is 0 Å². The van der Waals surface area contributed by atoms with Crippen LogP contribution in [0.5, 0.6) is 0 Å². The average molecular weight is 266 g/mol. The van der Waals surface area contributed by atoms with Gasteiger partial charge in [0.2, 0.25) is 0 Å². The van der Waals surface area contributed by atoms with Gasteiger partial charge in [-0.05, 0) is 49.6 Å². The maximum absolute atomic E-state index is 3.72. The lowest BCUT2D eigenvalue weighted by Gasteiger charge is -2.35. The van der Waals surface area contributed by atoms with Crippen molar-refractivity contribution in [3.8, 4) is 0 Å². The van der Waals surface area contributed by atoms with E-state index in [1.807, 2.05) is 0 Å². The van der Waals surface area contributed by atoms with Gasteiger partial charge in [0.25, 0.3) is 0 Å². The monoisotopic (exact) mass is 266 g/mol. The van der Waals surface area contributed by atoms with Gasteiger partial charge >= 0.3 is 0 Å². The van der Waals surface area contributed by atoms with Gasteiger partial charge in [0.1, 0.15) is 0 Å². The molecule has 1 aliphatic heterocycles. The second kappa shape index (κ2) is 6.58. The Hall–Kier alpha value is -0.0800. The topological polar surface area (TPSA) is 15.3 Å². The Kier molecular flexibility index (Phi) is 5.30. The van der Waals surface area contributed by atoms with Crippen LogP contribution in [0, 0.1) is 17.3 Å². The lowest BCUT2D eigenvalue weighted by Crippen LogP contribution is -2.44. The highest BCUT2D eigenvalue weighted by Gasteiger charge is 2.34. The van der Waals surface area contributed by atoms with Crippen LogP contribution in [0.2, 0.25) is 0 Å². The second-order valence-corrected chi connectivity index (χ2v) is 7.82. The Labute approximate surface area is 120 Å². The summed E-state index contributed by atoms with van der Waals surface area (Å²) in [6.07, 6.45) is 7.12. The largest absolute Gasteiger partial charge is 0.314 e. The summed E-state index contributed by atoms with van der Waals surface area (Å²) in [6, 6.07) is 0.785. The predicted octanol–water partition coefficient (Wildman–Crippen LogP) is 3.52. The third-order valence-corrected chi connectivity index (χ3v) is 5.37. The van der Waals surface area contributed by atoms with Crippen molar-refractivity contribution in [2.75, 3.05) is 26.2 Å². The van der Waals surface area contributed by atoms with Gasteiger partial charge in [-0.3, -0.25) is 0 Å². The summed E-state index contributed by atoms with van der Waals surface area (Å²) in [4.78, 5) is 2.75. The summed E-state index contributed by atoms with van der Waals surface area (Å²) >= 11 is 0. The summed E-state index contributed by atoms with van der Waals surface area (Å²) in [5.41, 5.74) is 0.488. The van der Waals surface area contributed by atoms with E-state index in [0.29, 0.717) is 5.41 Å². The zero-order valence-corrected chi connectivity index (χ0v) is 13.5. The standard InChI is InChI=1S/C17H34N2/c1-5-18-16-9-7-6-8-14(16)12-19-11-10-15(13-19)17(2,3)4/h14-16,18H,5-13H2,1-4H3. The molecule has 2 fully saturated rings. The van der Waals surface area contributed by atoms with Gasteiger partial charge in [-0.1, -0.05) is 40.5 Å². The van der Waals surface area contributed by atoms with Crippen molar-refractivity contribution in [3.63, 3.8) is 0 Å². The molecule has 0 aromatic heterocycles. The smallest absolute Gasteiger partial charge is 0.0107 e. The Morgan fingerprint density at radius 3 is 2.47 bits per heavy atom. The lowest BCUT2D eigenvalue weighted by atomic mass is 9.80. The molecule has 2 aliphatic rings. The van der Waals surface area contributed by atoms with E-state index in [0.717, 1.165) is 24.4 Å². The quantitative estimate of drug-likeness (QED) is 0.837. The Morgan fingerprint density at radius 2 is 1.84 bits per heavy atom. The third-order valence-electron chi connectivity index (χ3n) is 5.37. The molecule has 19 heavy (non-hydrogen) atoms. The molecule has 1 saturated carbocycles.